The lowest BCUT2D eigenvalue weighted by Gasteiger charge is -2.17. The molecule has 1 saturated heterocycles. The minimum absolute atomic E-state index is 0.0362. The van der Waals surface area contributed by atoms with Crippen molar-refractivity contribution in [3.63, 3.8) is 0 Å². The lowest BCUT2D eigenvalue weighted by Crippen LogP contribution is -2.35. The normalized spacial score (nSPS) is 18.9. The van der Waals surface area contributed by atoms with Crippen LogP contribution in [0, 0.1) is 0 Å². The van der Waals surface area contributed by atoms with Gasteiger partial charge in [-0.1, -0.05) is 0 Å². The number of amides is 2. The van der Waals surface area contributed by atoms with Gasteiger partial charge in [0.15, 0.2) is 0 Å². The maximum absolute atomic E-state index is 12.3. The van der Waals surface area contributed by atoms with Crippen molar-refractivity contribution in [1.82, 2.24) is 15.2 Å². The molecular weight excluding hydrogens is 280 g/mol. The molecule has 6 nitrogen and oxygen atoms in total. The Balaban J connectivity index is 1.95. The summed E-state index contributed by atoms with van der Waals surface area (Å²) >= 11 is 0. The Labute approximate surface area is 131 Å². The highest BCUT2D eigenvalue weighted by Crippen LogP contribution is 2.12. The molecule has 1 aromatic heterocycles. The molecule has 120 valence electrons. The van der Waals surface area contributed by atoms with Crippen molar-refractivity contribution >= 4 is 11.8 Å². The van der Waals surface area contributed by atoms with Gasteiger partial charge in [0.05, 0.1) is 5.56 Å². The SMILES string of the molecule is CN1CCC(NC(=O)c2cncc(CCCN)c2)CCC1=O. The number of aromatic nitrogens is 1. The van der Waals surface area contributed by atoms with Crippen molar-refractivity contribution in [3.8, 4) is 0 Å². The first kappa shape index (κ1) is 16.4. The van der Waals surface area contributed by atoms with Gasteiger partial charge < -0.3 is 16.0 Å². The molecule has 1 aliphatic rings. The van der Waals surface area contributed by atoms with Crippen LogP contribution < -0.4 is 11.1 Å². The van der Waals surface area contributed by atoms with E-state index in [-0.39, 0.29) is 17.9 Å². The third-order valence-corrected chi connectivity index (χ3v) is 4.01. The molecule has 0 saturated carbocycles. The Bertz CT molecular complexity index is 533. The first-order valence-electron chi connectivity index (χ1n) is 7.79. The van der Waals surface area contributed by atoms with Crippen LogP contribution in [0.2, 0.25) is 0 Å². The van der Waals surface area contributed by atoms with Crippen LogP contribution in [0.15, 0.2) is 18.5 Å². The van der Waals surface area contributed by atoms with E-state index in [9.17, 15) is 9.59 Å². The second kappa shape index (κ2) is 7.89. The van der Waals surface area contributed by atoms with Crippen LogP contribution in [0.3, 0.4) is 0 Å². The molecule has 2 amide bonds. The molecule has 1 aliphatic heterocycles. The van der Waals surface area contributed by atoms with Crippen molar-refractivity contribution in [2.24, 2.45) is 5.73 Å². The van der Waals surface area contributed by atoms with Crippen molar-refractivity contribution in [2.45, 2.75) is 38.1 Å². The summed E-state index contributed by atoms with van der Waals surface area (Å²) in [5, 5.41) is 3.02. The summed E-state index contributed by atoms with van der Waals surface area (Å²) in [4.78, 5) is 29.8. The predicted molar refractivity (Wildman–Crippen MR) is 84.4 cm³/mol. The number of hydrogen-bond donors (Lipinski definition) is 2. The first-order chi connectivity index (χ1) is 10.6. The molecule has 1 fully saturated rings. The molecule has 1 aromatic rings. The van der Waals surface area contributed by atoms with Gasteiger partial charge in [-0.3, -0.25) is 14.6 Å². The highest BCUT2D eigenvalue weighted by molar-refractivity contribution is 5.94. The van der Waals surface area contributed by atoms with Gasteiger partial charge in [-0.05, 0) is 43.9 Å². The summed E-state index contributed by atoms with van der Waals surface area (Å²) < 4.78 is 0. The molecule has 2 rings (SSSR count). The molecule has 2 heterocycles. The Morgan fingerprint density at radius 2 is 2.27 bits per heavy atom. The monoisotopic (exact) mass is 304 g/mol. The second-order valence-corrected chi connectivity index (χ2v) is 5.79. The first-order valence-corrected chi connectivity index (χ1v) is 7.79. The molecule has 0 bridgehead atoms. The van der Waals surface area contributed by atoms with Gasteiger partial charge in [0.25, 0.3) is 5.91 Å². The van der Waals surface area contributed by atoms with Crippen molar-refractivity contribution in [3.05, 3.63) is 29.6 Å². The Kier molecular flexibility index (Phi) is 5.89. The molecule has 3 N–H and O–H groups in total. The molecule has 1 atom stereocenters. The maximum atomic E-state index is 12.3. The summed E-state index contributed by atoms with van der Waals surface area (Å²) in [6.07, 6.45) is 7.01. The number of hydrogen-bond acceptors (Lipinski definition) is 4. The highest BCUT2D eigenvalue weighted by Gasteiger charge is 2.21. The minimum atomic E-state index is -0.121. The van der Waals surface area contributed by atoms with Crippen LogP contribution in [0.1, 0.15) is 41.6 Å². The summed E-state index contributed by atoms with van der Waals surface area (Å²) in [6, 6.07) is 1.90. The standard InChI is InChI=1S/C16H24N4O2/c1-20-8-6-14(4-5-15(20)21)19-16(22)13-9-12(3-2-7-17)10-18-11-13/h9-11,14H,2-8,17H2,1H3,(H,19,22). The van der Waals surface area contributed by atoms with Crippen LogP contribution in [0.4, 0.5) is 0 Å². The zero-order chi connectivity index (χ0) is 15.9. The molecule has 22 heavy (non-hydrogen) atoms. The summed E-state index contributed by atoms with van der Waals surface area (Å²) in [5.74, 6) is 0.0197. The lowest BCUT2D eigenvalue weighted by atomic mass is 10.1. The van der Waals surface area contributed by atoms with E-state index in [0.29, 0.717) is 31.5 Å². The molecule has 0 spiro atoms. The van der Waals surface area contributed by atoms with Gasteiger partial charge >= 0.3 is 0 Å². The summed E-state index contributed by atoms with van der Waals surface area (Å²) in [6.45, 7) is 1.30. The van der Waals surface area contributed by atoms with Crippen LogP contribution in [-0.2, 0) is 11.2 Å². The van der Waals surface area contributed by atoms with E-state index in [1.54, 1.807) is 24.3 Å². The fraction of sp³-hybridized carbons (Fsp3) is 0.562. The van der Waals surface area contributed by atoms with Crippen LogP contribution in [-0.4, -0.2) is 47.9 Å². The topological polar surface area (TPSA) is 88.3 Å². The summed E-state index contributed by atoms with van der Waals surface area (Å²) in [7, 11) is 1.80. The number of nitrogens with one attached hydrogen (secondary N) is 1. The number of likely N-dealkylation sites (tertiary alicyclic amines) is 1. The smallest absolute Gasteiger partial charge is 0.253 e. The van der Waals surface area contributed by atoms with E-state index in [4.69, 9.17) is 5.73 Å². The number of carbonyl (C=O) groups is 2. The van der Waals surface area contributed by atoms with Gasteiger partial charge in [-0.2, -0.15) is 0 Å². The Hall–Kier alpha value is -1.95. The van der Waals surface area contributed by atoms with Crippen molar-refractivity contribution in [1.29, 1.82) is 0 Å². The van der Waals surface area contributed by atoms with Gasteiger partial charge in [0.2, 0.25) is 5.91 Å². The molecule has 0 radical (unpaired) electrons. The number of rotatable bonds is 5. The van der Waals surface area contributed by atoms with E-state index in [1.165, 1.54) is 0 Å². The van der Waals surface area contributed by atoms with Crippen LogP contribution in [0.5, 0.6) is 0 Å². The number of nitrogens with two attached hydrogens (primary N) is 1. The lowest BCUT2D eigenvalue weighted by molar-refractivity contribution is -0.129. The molecule has 6 heteroatoms. The molecular formula is C16H24N4O2. The zero-order valence-corrected chi connectivity index (χ0v) is 13.0. The minimum Gasteiger partial charge on any atom is -0.349 e. The number of nitrogens with zero attached hydrogens (tertiary/aromatic N) is 2. The van der Waals surface area contributed by atoms with Gasteiger partial charge in [0.1, 0.15) is 0 Å². The third-order valence-electron chi connectivity index (χ3n) is 4.01. The number of carbonyl (C=O) groups excluding carboxylic acids is 2. The average molecular weight is 304 g/mol. The largest absolute Gasteiger partial charge is 0.349 e. The fourth-order valence-corrected chi connectivity index (χ4v) is 2.57. The van der Waals surface area contributed by atoms with Gasteiger partial charge in [-0.25, -0.2) is 0 Å². The van der Waals surface area contributed by atoms with Crippen molar-refractivity contribution in [2.75, 3.05) is 20.1 Å². The van der Waals surface area contributed by atoms with E-state index in [2.05, 4.69) is 10.3 Å². The number of aryl methyl sites for hydroxylation is 1. The quantitative estimate of drug-likeness (QED) is 0.838. The van der Waals surface area contributed by atoms with Crippen LogP contribution >= 0.6 is 0 Å². The Morgan fingerprint density at radius 1 is 1.45 bits per heavy atom. The second-order valence-electron chi connectivity index (χ2n) is 5.79. The fourth-order valence-electron chi connectivity index (χ4n) is 2.57. The average Bonchev–Trinajstić information content (AvgIpc) is 2.69. The van der Waals surface area contributed by atoms with Gasteiger partial charge in [0, 0.05) is 38.4 Å². The van der Waals surface area contributed by atoms with E-state index in [0.717, 1.165) is 24.8 Å². The summed E-state index contributed by atoms with van der Waals surface area (Å²) in [5.41, 5.74) is 7.09. The highest BCUT2D eigenvalue weighted by atomic mass is 16.2. The van der Waals surface area contributed by atoms with Crippen LogP contribution in [0.25, 0.3) is 0 Å². The number of pyridine rings is 1. The van der Waals surface area contributed by atoms with Gasteiger partial charge in [-0.15, -0.1) is 0 Å². The predicted octanol–water partition coefficient (Wildman–Crippen LogP) is 0.714. The van der Waals surface area contributed by atoms with E-state index < -0.39 is 0 Å². The maximum Gasteiger partial charge on any atom is 0.253 e. The van der Waals surface area contributed by atoms with E-state index in [1.807, 2.05) is 6.07 Å². The van der Waals surface area contributed by atoms with E-state index >= 15 is 0 Å². The van der Waals surface area contributed by atoms with Crippen molar-refractivity contribution < 1.29 is 9.59 Å². The zero-order valence-electron chi connectivity index (χ0n) is 13.0. The third kappa shape index (κ3) is 4.53. The molecule has 1 unspecified atom stereocenters. The Morgan fingerprint density at radius 3 is 3.05 bits per heavy atom. The molecule has 0 aromatic carbocycles. The molecule has 0 aliphatic carbocycles.